The van der Waals surface area contributed by atoms with Crippen molar-refractivity contribution in [3.8, 4) is 0 Å². The molecular formula is C48H33N9O9. The van der Waals surface area contributed by atoms with Crippen LogP contribution in [0.1, 0.15) is 62.1 Å². The zero-order valence-electron chi connectivity index (χ0n) is 34.1. The highest BCUT2D eigenvalue weighted by Gasteiger charge is 2.18. The van der Waals surface area contributed by atoms with Crippen LogP contribution < -0.4 is 16.0 Å². The van der Waals surface area contributed by atoms with E-state index >= 15 is 0 Å². The summed E-state index contributed by atoms with van der Waals surface area (Å²) in [5, 5.41) is 60.4. The van der Waals surface area contributed by atoms with Crippen molar-refractivity contribution in [3.05, 3.63) is 197 Å². The maximum Gasteiger partial charge on any atom is 0.335 e. The summed E-state index contributed by atoms with van der Waals surface area (Å²) >= 11 is 0. The summed E-state index contributed by atoms with van der Waals surface area (Å²) in [7, 11) is 0. The molecule has 0 radical (unpaired) electrons. The molecule has 0 saturated carbocycles. The van der Waals surface area contributed by atoms with Crippen molar-refractivity contribution in [2.24, 2.45) is 30.7 Å². The second-order valence-electron chi connectivity index (χ2n) is 14.0. The van der Waals surface area contributed by atoms with E-state index in [1.165, 1.54) is 91.0 Å². The molecule has 0 bridgehead atoms. The number of benzene rings is 7. The van der Waals surface area contributed by atoms with Crippen molar-refractivity contribution in [1.29, 1.82) is 0 Å². The molecule has 0 saturated heterocycles. The van der Waals surface area contributed by atoms with Gasteiger partial charge in [0, 0.05) is 33.8 Å². The van der Waals surface area contributed by atoms with Crippen molar-refractivity contribution in [2.45, 2.75) is 0 Å². The lowest BCUT2D eigenvalue weighted by atomic mass is 10.0. The fourth-order valence-electron chi connectivity index (χ4n) is 5.82. The van der Waals surface area contributed by atoms with Gasteiger partial charge in [0.2, 0.25) is 0 Å². The predicted molar refractivity (Wildman–Crippen MR) is 242 cm³/mol. The molecule has 0 aliphatic carbocycles. The molecule has 0 atom stereocenters. The molecule has 66 heavy (non-hydrogen) atoms. The first-order valence-electron chi connectivity index (χ1n) is 19.5. The lowest BCUT2D eigenvalue weighted by Crippen LogP contribution is -2.19. The van der Waals surface area contributed by atoms with Gasteiger partial charge in [0.05, 0.1) is 50.8 Å². The van der Waals surface area contributed by atoms with Crippen LogP contribution in [0.4, 0.5) is 51.2 Å². The van der Waals surface area contributed by atoms with Gasteiger partial charge in [-0.2, -0.15) is 30.7 Å². The molecule has 3 amide bonds. The van der Waals surface area contributed by atoms with Crippen LogP contribution in [0.15, 0.2) is 194 Å². The number of carbonyl (C=O) groups is 6. The van der Waals surface area contributed by atoms with Gasteiger partial charge in [-0.05, 0) is 164 Å². The number of rotatable bonds is 15. The minimum absolute atomic E-state index is 0.0133. The second kappa shape index (κ2) is 20.4. The zero-order chi connectivity index (χ0) is 46.6. The number of anilines is 3. The Kier molecular flexibility index (Phi) is 13.6. The molecule has 18 heteroatoms. The van der Waals surface area contributed by atoms with Gasteiger partial charge in [-0.1, -0.05) is 0 Å². The summed E-state index contributed by atoms with van der Waals surface area (Å²) < 4.78 is 0. The topological polar surface area (TPSA) is 273 Å². The van der Waals surface area contributed by atoms with E-state index in [0.29, 0.717) is 51.2 Å². The maximum atomic E-state index is 13.7. The zero-order valence-corrected chi connectivity index (χ0v) is 34.1. The molecule has 18 nitrogen and oxygen atoms in total. The number of nitrogens with one attached hydrogen (secondary N) is 3. The Morgan fingerprint density at radius 3 is 0.636 bits per heavy atom. The number of carbonyl (C=O) groups excluding carboxylic acids is 3. The molecule has 7 aromatic carbocycles. The van der Waals surface area contributed by atoms with Gasteiger partial charge in [-0.15, -0.1) is 0 Å². The minimum atomic E-state index is -1.06. The number of nitrogens with zero attached hydrogens (tertiary/aromatic N) is 6. The second-order valence-corrected chi connectivity index (χ2v) is 14.0. The molecule has 0 unspecified atom stereocenters. The first-order chi connectivity index (χ1) is 31.8. The average molecular weight is 880 g/mol. The fraction of sp³-hybridized carbons (Fsp3) is 0. The normalized spacial score (nSPS) is 11.1. The molecule has 324 valence electrons. The summed E-state index contributed by atoms with van der Waals surface area (Å²) in [6, 6.07) is 40.7. The third-order valence-corrected chi connectivity index (χ3v) is 9.28. The molecule has 7 aromatic rings. The number of carboxylic acids is 3. The van der Waals surface area contributed by atoms with Crippen LogP contribution in [0.25, 0.3) is 0 Å². The van der Waals surface area contributed by atoms with E-state index in [-0.39, 0.29) is 33.4 Å². The molecule has 7 rings (SSSR count). The molecule has 0 aromatic heterocycles. The van der Waals surface area contributed by atoms with Gasteiger partial charge in [0.25, 0.3) is 17.7 Å². The number of aromatic carboxylic acids is 3. The Morgan fingerprint density at radius 1 is 0.273 bits per heavy atom. The Morgan fingerprint density at radius 2 is 0.455 bits per heavy atom. The Bertz CT molecular complexity index is 2700. The summed E-state index contributed by atoms with van der Waals surface area (Å²) in [5.74, 6) is -5.08. The smallest absolute Gasteiger partial charge is 0.335 e. The van der Waals surface area contributed by atoms with Crippen LogP contribution >= 0.6 is 0 Å². The SMILES string of the molecule is O=C(O)c1ccc(N=Nc2ccc(NC(=O)c3cc(C(=O)Nc4ccc(N=Nc5ccc(C(=O)O)cc5)cc4)cc(C(=O)Nc4ccc(N=Nc5ccc(C(=O)O)cc5)cc4)c3)cc2)cc1. The highest BCUT2D eigenvalue weighted by molar-refractivity contribution is 6.13. The van der Waals surface area contributed by atoms with Crippen LogP contribution in [0.3, 0.4) is 0 Å². The fourth-order valence-corrected chi connectivity index (χ4v) is 5.82. The van der Waals surface area contributed by atoms with Crippen LogP contribution in [-0.4, -0.2) is 50.9 Å². The average Bonchev–Trinajstić information content (AvgIpc) is 3.33. The summed E-state index contributed by atoms with van der Waals surface area (Å²) in [4.78, 5) is 74.5. The van der Waals surface area contributed by atoms with Crippen LogP contribution in [0.5, 0.6) is 0 Å². The number of hydrogen-bond acceptors (Lipinski definition) is 12. The van der Waals surface area contributed by atoms with Crippen molar-refractivity contribution in [3.63, 3.8) is 0 Å². The Labute approximate surface area is 373 Å². The van der Waals surface area contributed by atoms with E-state index < -0.39 is 35.6 Å². The third-order valence-electron chi connectivity index (χ3n) is 9.28. The predicted octanol–water partition coefficient (Wildman–Crippen LogP) is 11.8. The number of hydrogen-bond donors (Lipinski definition) is 6. The first kappa shape index (κ1) is 44.2. The maximum absolute atomic E-state index is 13.7. The van der Waals surface area contributed by atoms with Gasteiger partial charge in [0.1, 0.15) is 0 Å². The Hall–Kier alpha value is -9.84. The van der Waals surface area contributed by atoms with Gasteiger partial charge in [-0.3, -0.25) is 14.4 Å². The molecule has 0 heterocycles. The van der Waals surface area contributed by atoms with Crippen LogP contribution in [0, 0.1) is 0 Å². The van der Waals surface area contributed by atoms with Gasteiger partial charge >= 0.3 is 17.9 Å². The van der Waals surface area contributed by atoms with E-state index in [9.17, 15) is 28.8 Å². The van der Waals surface area contributed by atoms with Crippen molar-refractivity contribution in [1.82, 2.24) is 0 Å². The largest absolute Gasteiger partial charge is 0.478 e. The standard InChI is InChI=1S/C48H33N9O9/c58-43(49-34-13-19-40(20-14-34)55-52-37-7-1-28(2-8-37)46(61)62)31-25-32(44(59)50-35-15-21-41(22-16-35)56-53-38-9-3-29(4-10-38)47(63)64)27-33(26-31)45(60)51-36-17-23-42(24-18-36)57-54-39-11-5-30(6-12-39)48(65)66/h1-27H,(H,49,58)(H,50,59)(H,51,60)(H,61,62)(H,63,64)(H,65,66). The first-order valence-corrected chi connectivity index (χ1v) is 19.5. The molecule has 0 fully saturated rings. The van der Waals surface area contributed by atoms with E-state index in [1.54, 1.807) is 72.8 Å². The van der Waals surface area contributed by atoms with E-state index in [1.807, 2.05) is 0 Å². The number of azo groups is 3. The minimum Gasteiger partial charge on any atom is -0.478 e. The molecule has 6 N–H and O–H groups in total. The monoisotopic (exact) mass is 879 g/mol. The quantitative estimate of drug-likeness (QED) is 0.0533. The molecular weight excluding hydrogens is 847 g/mol. The number of carboxylic acid groups (broad SMARTS) is 3. The van der Waals surface area contributed by atoms with Gasteiger partial charge < -0.3 is 31.3 Å². The third kappa shape index (κ3) is 12.0. The van der Waals surface area contributed by atoms with E-state index in [2.05, 4.69) is 46.6 Å². The molecule has 0 spiro atoms. The summed E-state index contributed by atoms with van der Waals surface area (Å²) in [5.41, 5.74) is 4.05. The molecule has 0 aliphatic rings. The number of amides is 3. The summed E-state index contributed by atoms with van der Waals surface area (Å²) in [6.07, 6.45) is 0. The summed E-state index contributed by atoms with van der Waals surface area (Å²) in [6.45, 7) is 0. The van der Waals surface area contributed by atoms with Crippen LogP contribution in [-0.2, 0) is 0 Å². The van der Waals surface area contributed by atoms with E-state index in [4.69, 9.17) is 15.3 Å². The van der Waals surface area contributed by atoms with Gasteiger partial charge in [0.15, 0.2) is 0 Å². The van der Waals surface area contributed by atoms with Crippen molar-refractivity contribution in [2.75, 3.05) is 16.0 Å². The van der Waals surface area contributed by atoms with Crippen LogP contribution in [0.2, 0.25) is 0 Å². The van der Waals surface area contributed by atoms with Crippen molar-refractivity contribution >= 4 is 86.8 Å². The lowest BCUT2D eigenvalue weighted by Gasteiger charge is -2.12. The molecule has 0 aliphatic heterocycles. The van der Waals surface area contributed by atoms with Crippen molar-refractivity contribution < 1.29 is 44.1 Å². The van der Waals surface area contributed by atoms with E-state index in [0.717, 1.165) is 0 Å². The highest BCUT2D eigenvalue weighted by atomic mass is 16.4. The van der Waals surface area contributed by atoms with Gasteiger partial charge in [-0.25, -0.2) is 14.4 Å². The highest BCUT2D eigenvalue weighted by Crippen LogP contribution is 2.26. The lowest BCUT2D eigenvalue weighted by molar-refractivity contribution is 0.0686. The Balaban J connectivity index is 1.07.